The third kappa shape index (κ3) is 3.85. The molecule has 0 saturated heterocycles. The van der Waals surface area contributed by atoms with E-state index in [1.807, 2.05) is 0 Å². The van der Waals surface area contributed by atoms with Gasteiger partial charge >= 0.3 is 5.97 Å². The van der Waals surface area contributed by atoms with Crippen LogP contribution in [-0.4, -0.2) is 33.6 Å². The summed E-state index contributed by atoms with van der Waals surface area (Å²) in [5.74, 6) is -1.77. The maximum atomic E-state index is 11.6. The van der Waals surface area contributed by atoms with E-state index in [2.05, 4.69) is 10.3 Å². The lowest BCUT2D eigenvalue weighted by atomic mass is 10.3. The summed E-state index contributed by atoms with van der Waals surface area (Å²) in [5.41, 5.74) is 5.84. The van der Waals surface area contributed by atoms with Crippen LogP contribution in [0.3, 0.4) is 0 Å². The molecule has 22 heavy (non-hydrogen) atoms. The Morgan fingerprint density at radius 3 is 2.68 bits per heavy atom. The first-order valence-corrected chi connectivity index (χ1v) is 6.18. The minimum absolute atomic E-state index is 0.206. The van der Waals surface area contributed by atoms with Gasteiger partial charge in [0, 0.05) is 17.8 Å². The molecule has 0 spiro atoms. The van der Waals surface area contributed by atoms with Crippen LogP contribution in [0.4, 0.5) is 5.69 Å². The minimum Gasteiger partial charge on any atom is -0.505 e. The second-order valence-electron chi connectivity index (χ2n) is 4.29. The molecule has 0 unspecified atom stereocenters. The van der Waals surface area contributed by atoms with E-state index in [-0.39, 0.29) is 11.4 Å². The Hall–Kier alpha value is -3.29. The van der Waals surface area contributed by atoms with Crippen LogP contribution in [0.15, 0.2) is 36.5 Å². The van der Waals surface area contributed by atoms with Crippen molar-refractivity contribution in [2.24, 2.45) is 0 Å². The molecule has 1 heterocycles. The van der Waals surface area contributed by atoms with Crippen LogP contribution >= 0.6 is 0 Å². The fourth-order valence-corrected chi connectivity index (χ4v) is 1.62. The molecule has 5 N–H and O–H groups in total. The summed E-state index contributed by atoms with van der Waals surface area (Å²) in [4.78, 5) is 25.8. The smallest absolute Gasteiger partial charge is 0.322 e. The zero-order valence-corrected chi connectivity index (χ0v) is 11.3. The normalized spacial score (nSPS) is 10.0. The predicted molar refractivity (Wildman–Crippen MR) is 76.8 cm³/mol. The number of nitrogen functional groups attached to an aromatic ring is 1. The molecule has 0 radical (unpaired) electrons. The summed E-state index contributed by atoms with van der Waals surface area (Å²) >= 11 is 0. The number of carbonyl (C=O) groups is 2. The van der Waals surface area contributed by atoms with Crippen LogP contribution in [0, 0.1) is 0 Å². The number of anilines is 1. The summed E-state index contributed by atoms with van der Waals surface area (Å²) in [5, 5.41) is 20.4. The van der Waals surface area contributed by atoms with E-state index in [4.69, 9.17) is 15.6 Å². The number of carboxylic acids is 1. The van der Waals surface area contributed by atoms with Gasteiger partial charge in [-0.05, 0) is 12.1 Å². The molecule has 8 heteroatoms. The van der Waals surface area contributed by atoms with Crippen LogP contribution in [-0.2, 0) is 4.79 Å². The number of nitrogens with one attached hydrogen (secondary N) is 1. The molecular formula is C14H13N3O5. The quantitative estimate of drug-likeness (QED) is 0.604. The molecule has 0 saturated carbocycles. The Morgan fingerprint density at radius 2 is 2.05 bits per heavy atom. The van der Waals surface area contributed by atoms with Gasteiger partial charge in [0.25, 0.3) is 5.91 Å². The maximum Gasteiger partial charge on any atom is 0.322 e. The number of carbonyl (C=O) groups excluding carboxylic acids is 1. The number of pyridine rings is 1. The Morgan fingerprint density at radius 1 is 1.27 bits per heavy atom. The van der Waals surface area contributed by atoms with Gasteiger partial charge < -0.3 is 26.0 Å². The lowest BCUT2D eigenvalue weighted by Gasteiger charge is -2.08. The Balaban J connectivity index is 2.12. The van der Waals surface area contributed by atoms with Crippen molar-refractivity contribution >= 4 is 17.6 Å². The second-order valence-corrected chi connectivity index (χ2v) is 4.29. The number of rotatable bonds is 5. The molecule has 0 aliphatic carbocycles. The van der Waals surface area contributed by atoms with Gasteiger partial charge in [-0.2, -0.15) is 0 Å². The molecule has 1 aromatic heterocycles. The zero-order valence-electron chi connectivity index (χ0n) is 11.3. The highest BCUT2D eigenvalue weighted by molar-refractivity contribution is 5.96. The van der Waals surface area contributed by atoms with Crippen molar-refractivity contribution < 1.29 is 24.5 Å². The number of aromatic hydroxyl groups is 1. The lowest BCUT2D eigenvalue weighted by Crippen LogP contribution is -2.29. The van der Waals surface area contributed by atoms with Crippen molar-refractivity contribution in [1.82, 2.24) is 10.3 Å². The molecule has 0 fully saturated rings. The van der Waals surface area contributed by atoms with Crippen molar-refractivity contribution in [1.29, 1.82) is 0 Å². The third-order valence-electron chi connectivity index (χ3n) is 2.55. The van der Waals surface area contributed by atoms with Gasteiger partial charge in [0.1, 0.15) is 18.0 Å². The first-order valence-electron chi connectivity index (χ1n) is 6.18. The number of aliphatic carboxylic acids is 1. The number of amides is 1. The highest BCUT2D eigenvalue weighted by Crippen LogP contribution is 2.26. The molecule has 0 aliphatic rings. The predicted octanol–water partition coefficient (Wildman–Crippen LogP) is 0.976. The first kappa shape index (κ1) is 15.1. The lowest BCUT2D eigenvalue weighted by molar-refractivity contribution is -0.135. The number of hydrogen-bond acceptors (Lipinski definition) is 6. The van der Waals surface area contributed by atoms with E-state index in [9.17, 15) is 14.7 Å². The summed E-state index contributed by atoms with van der Waals surface area (Å²) in [6, 6.07) is 7.85. The summed E-state index contributed by atoms with van der Waals surface area (Å²) < 4.78 is 5.44. The Bertz CT molecular complexity index is 717. The molecule has 114 valence electrons. The summed E-state index contributed by atoms with van der Waals surface area (Å²) in [6.07, 6.45) is 1.23. The van der Waals surface area contributed by atoms with Gasteiger partial charge in [0.15, 0.2) is 11.4 Å². The van der Waals surface area contributed by atoms with Crippen LogP contribution in [0.1, 0.15) is 10.5 Å². The molecule has 1 amide bonds. The van der Waals surface area contributed by atoms with Gasteiger partial charge in [-0.25, -0.2) is 4.98 Å². The minimum atomic E-state index is -1.20. The Kier molecular flexibility index (Phi) is 4.42. The number of hydrogen-bond donors (Lipinski definition) is 4. The van der Waals surface area contributed by atoms with Crippen LogP contribution in [0.25, 0.3) is 0 Å². The fourth-order valence-electron chi connectivity index (χ4n) is 1.62. The van der Waals surface area contributed by atoms with E-state index >= 15 is 0 Å². The van der Waals surface area contributed by atoms with Gasteiger partial charge in [-0.15, -0.1) is 0 Å². The molecule has 2 rings (SSSR count). The van der Waals surface area contributed by atoms with Crippen molar-refractivity contribution in [3.63, 3.8) is 0 Å². The fraction of sp³-hybridized carbons (Fsp3) is 0.0714. The monoisotopic (exact) mass is 303 g/mol. The molecule has 0 bridgehead atoms. The Labute approximate surface area is 125 Å². The van der Waals surface area contributed by atoms with E-state index in [0.717, 1.165) is 0 Å². The maximum absolute atomic E-state index is 11.6. The topological polar surface area (TPSA) is 135 Å². The highest BCUT2D eigenvalue weighted by atomic mass is 16.5. The third-order valence-corrected chi connectivity index (χ3v) is 2.55. The molecule has 0 atom stereocenters. The van der Waals surface area contributed by atoms with Crippen molar-refractivity contribution in [2.45, 2.75) is 0 Å². The van der Waals surface area contributed by atoms with Gasteiger partial charge in [0.05, 0.1) is 6.20 Å². The second kappa shape index (κ2) is 6.44. The number of benzene rings is 1. The standard InChI is InChI=1S/C14H13N3O5/c15-8-2-1-3-9(4-8)22-10-5-11(18)13(16-6-10)14(21)17-7-12(19)20/h1-6,18H,7,15H2,(H,17,21)(H,19,20). The van der Waals surface area contributed by atoms with Crippen LogP contribution < -0.4 is 15.8 Å². The van der Waals surface area contributed by atoms with E-state index in [0.29, 0.717) is 11.4 Å². The number of ether oxygens (including phenoxy) is 1. The van der Waals surface area contributed by atoms with E-state index in [1.165, 1.54) is 12.3 Å². The summed E-state index contributed by atoms with van der Waals surface area (Å²) in [6.45, 7) is -0.568. The number of carboxylic acid groups (broad SMARTS) is 1. The van der Waals surface area contributed by atoms with Gasteiger partial charge in [0.2, 0.25) is 0 Å². The molecule has 2 aromatic rings. The molecular weight excluding hydrogens is 290 g/mol. The van der Waals surface area contributed by atoms with Gasteiger partial charge in [-0.3, -0.25) is 9.59 Å². The molecule has 8 nitrogen and oxygen atoms in total. The average Bonchev–Trinajstić information content (AvgIpc) is 2.45. The van der Waals surface area contributed by atoms with Crippen LogP contribution in [0.2, 0.25) is 0 Å². The number of nitrogens with two attached hydrogens (primary N) is 1. The molecule has 0 aliphatic heterocycles. The summed E-state index contributed by atoms with van der Waals surface area (Å²) in [7, 11) is 0. The molecule has 1 aromatic carbocycles. The SMILES string of the molecule is Nc1cccc(Oc2cnc(C(=O)NCC(=O)O)c(O)c2)c1. The largest absolute Gasteiger partial charge is 0.505 e. The van der Waals surface area contributed by atoms with Crippen molar-refractivity contribution in [3.05, 3.63) is 42.2 Å². The highest BCUT2D eigenvalue weighted by Gasteiger charge is 2.15. The van der Waals surface area contributed by atoms with Crippen molar-refractivity contribution in [3.8, 4) is 17.2 Å². The van der Waals surface area contributed by atoms with Crippen molar-refractivity contribution in [2.75, 3.05) is 12.3 Å². The number of aromatic nitrogens is 1. The van der Waals surface area contributed by atoms with Crippen LogP contribution in [0.5, 0.6) is 17.2 Å². The average molecular weight is 303 g/mol. The zero-order chi connectivity index (χ0) is 16.1. The first-order chi connectivity index (χ1) is 10.5. The van der Waals surface area contributed by atoms with Gasteiger partial charge in [-0.1, -0.05) is 6.07 Å². The van der Waals surface area contributed by atoms with E-state index in [1.54, 1.807) is 24.3 Å². The van der Waals surface area contributed by atoms with E-state index < -0.39 is 24.2 Å². The number of nitrogens with zero attached hydrogens (tertiary/aromatic N) is 1.